The zero-order valence-corrected chi connectivity index (χ0v) is 42.7. The van der Waals surface area contributed by atoms with Crippen molar-refractivity contribution in [1.29, 1.82) is 0 Å². The van der Waals surface area contributed by atoms with Crippen molar-refractivity contribution >= 4 is 0 Å². The average molecular weight is 995 g/mol. The summed E-state index contributed by atoms with van der Waals surface area (Å²) >= 11 is 0. The highest BCUT2D eigenvalue weighted by atomic mass is 15.0. The molecule has 2 heterocycles. The molecule has 0 N–H and O–H groups in total. The van der Waals surface area contributed by atoms with E-state index >= 15 is 0 Å². The van der Waals surface area contributed by atoms with Crippen molar-refractivity contribution in [3.05, 3.63) is 304 Å². The summed E-state index contributed by atoms with van der Waals surface area (Å²) in [6.07, 6.45) is 3.72. The molecule has 2 aromatic heterocycles. The number of nitrogens with zero attached hydrogens (tertiary/aromatic N) is 4. The Morgan fingerprint density at radius 2 is 0.500 bits per heavy atom. The van der Waals surface area contributed by atoms with Gasteiger partial charge in [0.2, 0.25) is 0 Å². The zero-order chi connectivity index (χ0) is 52.0. The first kappa shape index (κ1) is 47.3. The van der Waals surface area contributed by atoms with Crippen LogP contribution in [0.1, 0.15) is 0 Å². The van der Waals surface area contributed by atoms with Gasteiger partial charge in [-0.2, -0.15) is 0 Å². The van der Waals surface area contributed by atoms with E-state index in [4.69, 9.17) is 15.0 Å². The van der Waals surface area contributed by atoms with Crippen LogP contribution in [0.15, 0.2) is 304 Å². The lowest BCUT2D eigenvalue weighted by Gasteiger charge is -2.21. The fourth-order valence-electron chi connectivity index (χ4n) is 10.6. The minimum atomic E-state index is 0.579. The smallest absolute Gasteiger partial charge is 0.164 e. The van der Waals surface area contributed by atoms with E-state index in [1.54, 1.807) is 0 Å². The van der Waals surface area contributed by atoms with Crippen LogP contribution in [-0.4, -0.2) is 19.9 Å². The minimum Gasteiger partial charge on any atom is -0.264 e. The second-order valence-electron chi connectivity index (χ2n) is 19.4. The van der Waals surface area contributed by atoms with Gasteiger partial charge >= 0.3 is 0 Å². The first-order valence-corrected chi connectivity index (χ1v) is 26.3. The fraction of sp³-hybridized carbons (Fsp3) is 0. The maximum Gasteiger partial charge on any atom is 0.164 e. The third kappa shape index (κ3) is 9.74. The van der Waals surface area contributed by atoms with Crippen LogP contribution in [-0.2, 0) is 0 Å². The minimum absolute atomic E-state index is 0.579. The Balaban J connectivity index is 0.897. The molecule has 0 saturated carbocycles. The summed E-state index contributed by atoms with van der Waals surface area (Å²) in [5, 5.41) is 0. The van der Waals surface area contributed by atoms with Gasteiger partial charge in [0.05, 0.1) is 0 Å². The predicted molar refractivity (Wildman–Crippen MR) is 323 cm³/mol. The normalized spacial score (nSPS) is 11.1. The highest BCUT2D eigenvalue weighted by molar-refractivity contribution is 6.02. The second-order valence-corrected chi connectivity index (χ2v) is 19.4. The van der Waals surface area contributed by atoms with Crippen LogP contribution in [0.3, 0.4) is 0 Å². The van der Waals surface area contributed by atoms with Crippen LogP contribution in [0.2, 0.25) is 0 Å². The maximum atomic E-state index is 5.29. The summed E-state index contributed by atoms with van der Waals surface area (Å²) in [5.41, 5.74) is 23.1. The van der Waals surface area contributed by atoms with Crippen molar-refractivity contribution in [1.82, 2.24) is 19.9 Å². The van der Waals surface area contributed by atoms with Gasteiger partial charge in [0.1, 0.15) is 0 Å². The van der Waals surface area contributed by atoms with Gasteiger partial charge in [-0.3, -0.25) is 4.98 Å². The van der Waals surface area contributed by atoms with Crippen LogP contribution in [0, 0.1) is 0 Å². The summed E-state index contributed by atoms with van der Waals surface area (Å²) in [5.74, 6) is 1.77. The molecular weight excluding hydrogens is 945 g/mol. The van der Waals surface area contributed by atoms with Crippen molar-refractivity contribution in [3.63, 3.8) is 0 Å². The molecule has 4 heteroatoms. The molecule has 13 rings (SSSR count). The van der Waals surface area contributed by atoms with E-state index in [0.717, 1.165) is 66.8 Å². The molecule has 0 radical (unpaired) electrons. The van der Waals surface area contributed by atoms with Gasteiger partial charge in [-0.15, -0.1) is 0 Å². The predicted octanol–water partition coefficient (Wildman–Crippen LogP) is 19.3. The summed E-state index contributed by atoms with van der Waals surface area (Å²) in [6, 6.07) is 103. The van der Waals surface area contributed by atoms with Crippen LogP contribution in [0.4, 0.5) is 0 Å². The topological polar surface area (TPSA) is 51.6 Å². The number of hydrogen-bond donors (Lipinski definition) is 0. The van der Waals surface area contributed by atoms with Gasteiger partial charge in [-0.1, -0.05) is 261 Å². The molecular formula is C74H50N4. The Labute approximate surface area is 455 Å². The number of benzene rings is 11. The molecule has 0 spiro atoms. The molecule has 11 aromatic carbocycles. The van der Waals surface area contributed by atoms with Gasteiger partial charge in [0.25, 0.3) is 0 Å². The van der Waals surface area contributed by atoms with Crippen LogP contribution in [0.5, 0.6) is 0 Å². The lowest BCUT2D eigenvalue weighted by Crippen LogP contribution is -2.00. The molecule has 4 nitrogen and oxygen atoms in total. The Morgan fingerprint density at radius 3 is 0.974 bits per heavy atom. The van der Waals surface area contributed by atoms with E-state index in [1.165, 1.54) is 50.1 Å². The monoisotopic (exact) mass is 994 g/mol. The third-order valence-electron chi connectivity index (χ3n) is 14.5. The Kier molecular flexibility index (Phi) is 13.0. The van der Waals surface area contributed by atoms with Crippen LogP contribution < -0.4 is 0 Å². The highest BCUT2D eigenvalue weighted by Gasteiger charge is 2.21. The lowest BCUT2D eigenvalue weighted by molar-refractivity contribution is 1.07. The van der Waals surface area contributed by atoms with Crippen molar-refractivity contribution in [2.24, 2.45) is 0 Å². The first-order valence-electron chi connectivity index (χ1n) is 26.3. The molecule has 0 amide bonds. The van der Waals surface area contributed by atoms with Crippen molar-refractivity contribution in [2.75, 3.05) is 0 Å². The summed E-state index contributed by atoms with van der Waals surface area (Å²) < 4.78 is 0. The molecule has 0 atom stereocenters. The number of hydrogen-bond acceptors (Lipinski definition) is 4. The summed E-state index contributed by atoms with van der Waals surface area (Å²) in [6.45, 7) is 0. The Morgan fingerprint density at radius 1 is 0.179 bits per heavy atom. The number of aromatic nitrogens is 4. The fourth-order valence-corrected chi connectivity index (χ4v) is 10.6. The van der Waals surface area contributed by atoms with Gasteiger partial charge in [-0.25, -0.2) is 15.0 Å². The van der Waals surface area contributed by atoms with Gasteiger partial charge < -0.3 is 0 Å². The zero-order valence-electron chi connectivity index (χ0n) is 42.7. The standard InChI is InChI=1S/C74H50N4/c1-7-20-53(21-8-1)66-42-41-61(49-69(66)56-26-13-4-14-27-56)63-46-64(62-32-19-45-75-50-62)48-65(47-63)74-77-72(59-30-17-6-18-31-59)76-73(78-74)60-39-35-52(36-40-60)51-33-37-58(38-34-51)71-68(55-24-11-3-12-25-55)44-43-67(54-22-9-2-10-23-54)70(71)57-28-15-5-16-29-57/h1-50H. The van der Waals surface area contributed by atoms with Crippen LogP contribution in [0.25, 0.3) is 134 Å². The molecule has 0 bridgehead atoms. The van der Waals surface area contributed by atoms with Crippen molar-refractivity contribution in [3.8, 4) is 134 Å². The van der Waals surface area contributed by atoms with Crippen molar-refractivity contribution in [2.45, 2.75) is 0 Å². The molecule has 0 unspecified atom stereocenters. The Hall–Kier alpha value is -10.4. The summed E-state index contributed by atoms with van der Waals surface area (Å²) in [7, 11) is 0. The van der Waals surface area contributed by atoms with E-state index in [2.05, 4.69) is 272 Å². The van der Waals surface area contributed by atoms with E-state index in [-0.39, 0.29) is 0 Å². The highest BCUT2D eigenvalue weighted by Crippen LogP contribution is 2.46. The first-order chi connectivity index (χ1) is 38.7. The third-order valence-corrected chi connectivity index (χ3v) is 14.5. The maximum absolute atomic E-state index is 5.29. The molecule has 0 aliphatic rings. The molecule has 0 fully saturated rings. The second kappa shape index (κ2) is 21.4. The molecule has 78 heavy (non-hydrogen) atoms. The molecule has 0 aliphatic carbocycles. The van der Waals surface area contributed by atoms with Gasteiger partial charge in [0.15, 0.2) is 17.5 Å². The molecule has 13 aromatic rings. The summed E-state index contributed by atoms with van der Waals surface area (Å²) in [4.78, 5) is 20.2. The van der Waals surface area contributed by atoms with E-state index in [1.807, 2.05) is 36.7 Å². The van der Waals surface area contributed by atoms with Gasteiger partial charge in [-0.05, 0) is 125 Å². The van der Waals surface area contributed by atoms with E-state index < -0.39 is 0 Å². The lowest BCUT2D eigenvalue weighted by atomic mass is 9.82. The molecule has 366 valence electrons. The van der Waals surface area contributed by atoms with Gasteiger partial charge in [0, 0.05) is 34.6 Å². The van der Waals surface area contributed by atoms with E-state index in [0.29, 0.717) is 17.5 Å². The number of pyridine rings is 1. The van der Waals surface area contributed by atoms with E-state index in [9.17, 15) is 0 Å². The Bertz CT molecular complexity index is 4170. The average Bonchev–Trinajstić information content (AvgIpc) is 3.55. The van der Waals surface area contributed by atoms with Crippen molar-refractivity contribution < 1.29 is 0 Å². The molecule has 0 saturated heterocycles. The largest absolute Gasteiger partial charge is 0.264 e. The molecule has 0 aliphatic heterocycles. The van der Waals surface area contributed by atoms with Crippen LogP contribution >= 0.6 is 0 Å². The number of rotatable bonds is 12. The quantitative estimate of drug-likeness (QED) is 0.122. The SMILES string of the molecule is c1ccc(-c2nc(-c3ccc(-c4ccc(-c5c(-c6ccccc6)ccc(-c6ccccc6)c5-c5ccccc5)cc4)cc3)nc(-c3cc(-c4cccnc4)cc(-c4ccc(-c5ccccc5)c(-c5ccccc5)c4)c3)n2)cc1.